The lowest BCUT2D eigenvalue weighted by molar-refractivity contribution is 0.716. The van der Waals surface area contributed by atoms with Crippen molar-refractivity contribution in [2.45, 2.75) is 32.1 Å². The second kappa shape index (κ2) is 3.87. The van der Waals surface area contributed by atoms with Crippen molar-refractivity contribution in [1.82, 2.24) is 9.97 Å². The predicted octanol–water partition coefficient (Wildman–Crippen LogP) is 1.59. The highest BCUT2D eigenvalue weighted by Crippen LogP contribution is 2.25. The minimum absolute atomic E-state index is 0.0640. The first-order chi connectivity index (χ1) is 6.68. The van der Waals surface area contributed by atoms with Crippen molar-refractivity contribution in [2.75, 3.05) is 5.75 Å². The Labute approximate surface area is 88.5 Å². The molecule has 1 aromatic heterocycles. The number of nitrogens with zero attached hydrogens (tertiary/aromatic N) is 2. The first-order valence-electron chi connectivity index (χ1n) is 4.88. The van der Waals surface area contributed by atoms with Crippen LogP contribution in [0.5, 0.6) is 0 Å². The first-order valence-corrected chi connectivity index (χ1v) is 6.03. The first kappa shape index (κ1) is 9.93. The van der Waals surface area contributed by atoms with Crippen LogP contribution in [0.4, 0.5) is 0 Å². The Kier molecular flexibility index (Phi) is 2.74. The van der Waals surface area contributed by atoms with Crippen LogP contribution < -0.4 is 5.73 Å². The van der Waals surface area contributed by atoms with Crippen LogP contribution in [-0.2, 0) is 12.2 Å². The smallest absolute Gasteiger partial charge is 0.145 e. The van der Waals surface area contributed by atoms with E-state index in [-0.39, 0.29) is 6.04 Å². The summed E-state index contributed by atoms with van der Waals surface area (Å²) < 4.78 is 0. The zero-order chi connectivity index (χ0) is 10.1. The van der Waals surface area contributed by atoms with E-state index in [9.17, 15) is 0 Å². The molecule has 2 N–H and O–H groups in total. The lowest BCUT2D eigenvalue weighted by Gasteiger charge is -2.18. The molecule has 0 spiro atoms. The van der Waals surface area contributed by atoms with Crippen molar-refractivity contribution in [1.29, 1.82) is 0 Å². The molecule has 0 aromatic carbocycles. The van der Waals surface area contributed by atoms with E-state index >= 15 is 0 Å². The van der Waals surface area contributed by atoms with Gasteiger partial charge in [-0.2, -0.15) is 11.8 Å². The van der Waals surface area contributed by atoms with Crippen LogP contribution in [0, 0.1) is 6.92 Å². The molecule has 3 nitrogen and oxygen atoms in total. The summed E-state index contributed by atoms with van der Waals surface area (Å²) in [5, 5.41) is 0. The number of rotatable bonds is 1. The molecule has 2 rings (SSSR count). The molecule has 76 valence electrons. The maximum atomic E-state index is 5.78. The molecule has 1 unspecified atom stereocenters. The van der Waals surface area contributed by atoms with Crippen LogP contribution in [0.15, 0.2) is 0 Å². The van der Waals surface area contributed by atoms with Gasteiger partial charge in [0.2, 0.25) is 0 Å². The summed E-state index contributed by atoms with van der Waals surface area (Å²) in [5.41, 5.74) is 9.43. The Hall–Kier alpha value is -0.610. The lowest BCUT2D eigenvalue weighted by Crippen LogP contribution is -2.16. The van der Waals surface area contributed by atoms with Crippen molar-refractivity contribution >= 4 is 11.8 Å². The zero-order valence-corrected chi connectivity index (χ0v) is 9.40. The van der Waals surface area contributed by atoms with E-state index in [0.29, 0.717) is 0 Å². The number of nitrogens with two attached hydrogens (primary N) is 1. The van der Waals surface area contributed by atoms with Crippen LogP contribution in [-0.4, -0.2) is 15.7 Å². The summed E-state index contributed by atoms with van der Waals surface area (Å²) >= 11 is 1.94. The molecule has 14 heavy (non-hydrogen) atoms. The predicted molar refractivity (Wildman–Crippen MR) is 59.2 cm³/mol. The Morgan fingerprint density at radius 2 is 2.21 bits per heavy atom. The third kappa shape index (κ3) is 1.77. The minimum Gasteiger partial charge on any atom is -0.322 e. The van der Waals surface area contributed by atoms with E-state index in [1.54, 1.807) is 0 Å². The van der Waals surface area contributed by atoms with Crippen LogP contribution >= 0.6 is 11.8 Å². The number of aryl methyl sites for hydroxylation is 1. The molecule has 1 atom stereocenters. The minimum atomic E-state index is -0.0640. The standard InChI is InChI=1S/C10H15N3S/c1-6(11)10-12-7(2)8-3-4-14-5-9(8)13-10/h6H,3-5,11H2,1-2H3. The Morgan fingerprint density at radius 3 is 2.93 bits per heavy atom. The number of thioether (sulfide) groups is 1. The zero-order valence-electron chi connectivity index (χ0n) is 8.58. The third-order valence-electron chi connectivity index (χ3n) is 2.46. The fourth-order valence-electron chi connectivity index (χ4n) is 1.67. The van der Waals surface area contributed by atoms with Crippen molar-refractivity contribution in [3.63, 3.8) is 0 Å². The number of hydrogen-bond donors (Lipinski definition) is 1. The van der Waals surface area contributed by atoms with Crippen molar-refractivity contribution in [3.8, 4) is 0 Å². The fourth-order valence-corrected chi connectivity index (χ4v) is 2.60. The van der Waals surface area contributed by atoms with Gasteiger partial charge in [0.25, 0.3) is 0 Å². The highest BCUT2D eigenvalue weighted by atomic mass is 32.2. The fraction of sp³-hybridized carbons (Fsp3) is 0.600. The molecule has 1 aliphatic rings. The maximum absolute atomic E-state index is 5.78. The monoisotopic (exact) mass is 209 g/mol. The van der Waals surface area contributed by atoms with E-state index in [2.05, 4.69) is 16.9 Å². The second-order valence-corrected chi connectivity index (χ2v) is 4.79. The average Bonchev–Trinajstić information content (AvgIpc) is 2.17. The highest BCUT2D eigenvalue weighted by Gasteiger charge is 2.16. The van der Waals surface area contributed by atoms with Gasteiger partial charge >= 0.3 is 0 Å². The van der Waals surface area contributed by atoms with Crippen LogP contribution in [0.3, 0.4) is 0 Å². The SMILES string of the molecule is Cc1nc(C(C)N)nc2c1CCSC2. The molecule has 0 fully saturated rings. The molecule has 0 aliphatic carbocycles. The summed E-state index contributed by atoms with van der Waals surface area (Å²) in [5.74, 6) is 2.98. The van der Waals surface area contributed by atoms with Gasteiger partial charge in [-0.05, 0) is 31.6 Å². The molecule has 0 bridgehead atoms. The summed E-state index contributed by atoms with van der Waals surface area (Å²) in [4.78, 5) is 8.96. The van der Waals surface area contributed by atoms with E-state index < -0.39 is 0 Å². The topological polar surface area (TPSA) is 51.8 Å². The summed E-state index contributed by atoms with van der Waals surface area (Å²) in [6, 6.07) is -0.0640. The molecule has 4 heteroatoms. The number of hydrogen-bond acceptors (Lipinski definition) is 4. The van der Waals surface area contributed by atoms with Gasteiger partial charge in [0.1, 0.15) is 5.82 Å². The molecule has 2 heterocycles. The van der Waals surface area contributed by atoms with Gasteiger partial charge in [0.15, 0.2) is 0 Å². The molecule has 0 saturated heterocycles. The number of fused-ring (bicyclic) bond motifs is 1. The van der Waals surface area contributed by atoms with Gasteiger partial charge in [-0.15, -0.1) is 0 Å². The molecular formula is C10H15N3S. The quantitative estimate of drug-likeness (QED) is 0.763. The Balaban J connectivity index is 2.46. The molecule has 0 radical (unpaired) electrons. The van der Waals surface area contributed by atoms with Gasteiger partial charge in [-0.3, -0.25) is 0 Å². The molecular weight excluding hydrogens is 194 g/mol. The Bertz CT molecular complexity index is 349. The summed E-state index contributed by atoms with van der Waals surface area (Å²) in [7, 11) is 0. The van der Waals surface area contributed by atoms with Crippen molar-refractivity contribution in [3.05, 3.63) is 22.8 Å². The second-order valence-electron chi connectivity index (χ2n) is 3.68. The van der Waals surface area contributed by atoms with Crippen molar-refractivity contribution in [2.24, 2.45) is 5.73 Å². The molecule has 1 aromatic rings. The highest BCUT2D eigenvalue weighted by molar-refractivity contribution is 7.98. The normalized spacial score (nSPS) is 17.6. The van der Waals surface area contributed by atoms with Gasteiger partial charge < -0.3 is 5.73 Å². The maximum Gasteiger partial charge on any atom is 0.145 e. The number of aromatic nitrogens is 2. The lowest BCUT2D eigenvalue weighted by atomic mass is 10.1. The van der Waals surface area contributed by atoms with Gasteiger partial charge in [-0.1, -0.05) is 0 Å². The van der Waals surface area contributed by atoms with Crippen LogP contribution in [0.1, 0.15) is 35.7 Å². The van der Waals surface area contributed by atoms with Gasteiger partial charge in [-0.25, -0.2) is 9.97 Å². The van der Waals surface area contributed by atoms with Crippen LogP contribution in [0.25, 0.3) is 0 Å². The summed E-state index contributed by atoms with van der Waals surface area (Å²) in [6.07, 6.45) is 1.10. The molecule has 1 aliphatic heterocycles. The van der Waals surface area contributed by atoms with Crippen molar-refractivity contribution < 1.29 is 0 Å². The molecule has 0 saturated carbocycles. The van der Waals surface area contributed by atoms with Crippen LogP contribution in [0.2, 0.25) is 0 Å². The summed E-state index contributed by atoms with van der Waals surface area (Å²) in [6.45, 7) is 3.99. The van der Waals surface area contributed by atoms with E-state index in [1.807, 2.05) is 18.7 Å². The van der Waals surface area contributed by atoms with E-state index in [4.69, 9.17) is 5.73 Å². The van der Waals surface area contributed by atoms with Gasteiger partial charge in [0.05, 0.1) is 11.7 Å². The van der Waals surface area contributed by atoms with Gasteiger partial charge in [0, 0.05) is 11.4 Å². The van der Waals surface area contributed by atoms with E-state index in [1.165, 1.54) is 17.0 Å². The third-order valence-corrected chi connectivity index (χ3v) is 3.43. The Morgan fingerprint density at radius 1 is 1.43 bits per heavy atom. The largest absolute Gasteiger partial charge is 0.322 e. The molecule has 0 amide bonds. The van der Waals surface area contributed by atoms with E-state index in [0.717, 1.165) is 23.7 Å². The average molecular weight is 209 g/mol.